The van der Waals surface area contributed by atoms with Gasteiger partial charge in [0, 0.05) is 11.4 Å². The summed E-state index contributed by atoms with van der Waals surface area (Å²) < 4.78 is 25.9. The van der Waals surface area contributed by atoms with E-state index in [2.05, 4.69) is 20.7 Å². The molecular formula is C10H22BrNO2S. The Morgan fingerprint density at radius 1 is 1.33 bits per heavy atom. The second-order valence-electron chi connectivity index (χ2n) is 5.13. The standard InChI is InChI=1S/C10H22BrNO2S/c1-9(5-7-11)12-15(13,14)8-6-10(2,3)4/h9,12H,5-8H2,1-4H3. The van der Waals surface area contributed by atoms with Crippen molar-refractivity contribution in [1.29, 1.82) is 0 Å². The Hall–Kier alpha value is 0.390. The summed E-state index contributed by atoms with van der Waals surface area (Å²) in [5.74, 6) is 0.211. The molecular weight excluding hydrogens is 278 g/mol. The first kappa shape index (κ1) is 15.4. The second kappa shape index (κ2) is 6.21. The van der Waals surface area contributed by atoms with Gasteiger partial charge in [0.25, 0.3) is 0 Å². The van der Waals surface area contributed by atoms with Crippen LogP contribution in [-0.2, 0) is 10.0 Å². The number of hydrogen-bond donors (Lipinski definition) is 1. The van der Waals surface area contributed by atoms with Gasteiger partial charge in [0.2, 0.25) is 10.0 Å². The second-order valence-corrected chi connectivity index (χ2v) is 7.79. The van der Waals surface area contributed by atoms with Gasteiger partial charge in [0.05, 0.1) is 5.75 Å². The van der Waals surface area contributed by atoms with Gasteiger partial charge in [0.15, 0.2) is 0 Å². The van der Waals surface area contributed by atoms with Gasteiger partial charge in [0.1, 0.15) is 0 Å². The van der Waals surface area contributed by atoms with E-state index >= 15 is 0 Å². The molecule has 0 aliphatic rings. The van der Waals surface area contributed by atoms with Crippen molar-refractivity contribution in [3.63, 3.8) is 0 Å². The fourth-order valence-corrected chi connectivity index (χ4v) is 3.45. The largest absolute Gasteiger partial charge is 0.212 e. The van der Waals surface area contributed by atoms with Crippen molar-refractivity contribution < 1.29 is 8.42 Å². The third kappa shape index (κ3) is 9.33. The first-order valence-corrected chi connectivity index (χ1v) is 7.99. The van der Waals surface area contributed by atoms with E-state index in [1.807, 2.05) is 27.7 Å². The number of sulfonamides is 1. The van der Waals surface area contributed by atoms with E-state index in [0.29, 0.717) is 6.42 Å². The molecule has 0 aliphatic heterocycles. The van der Waals surface area contributed by atoms with Gasteiger partial charge in [-0.25, -0.2) is 13.1 Å². The first-order chi connectivity index (χ1) is 6.66. The molecule has 0 rings (SSSR count). The van der Waals surface area contributed by atoms with Gasteiger partial charge in [-0.2, -0.15) is 0 Å². The average molecular weight is 300 g/mol. The first-order valence-electron chi connectivity index (χ1n) is 5.22. The van der Waals surface area contributed by atoms with Crippen LogP contribution in [0.1, 0.15) is 40.5 Å². The van der Waals surface area contributed by atoms with Crippen molar-refractivity contribution in [3.05, 3.63) is 0 Å². The van der Waals surface area contributed by atoms with E-state index in [9.17, 15) is 8.42 Å². The Bertz CT molecular complexity index is 270. The van der Waals surface area contributed by atoms with Crippen LogP contribution >= 0.6 is 15.9 Å². The minimum atomic E-state index is -3.11. The lowest BCUT2D eigenvalue weighted by molar-refractivity contribution is 0.395. The van der Waals surface area contributed by atoms with Crippen LogP contribution in [0.3, 0.4) is 0 Å². The van der Waals surface area contributed by atoms with Crippen LogP contribution in [0.2, 0.25) is 0 Å². The molecule has 0 saturated heterocycles. The molecule has 0 aromatic heterocycles. The molecule has 0 saturated carbocycles. The van der Waals surface area contributed by atoms with E-state index in [1.165, 1.54) is 0 Å². The number of rotatable bonds is 6. The highest BCUT2D eigenvalue weighted by atomic mass is 79.9. The minimum absolute atomic E-state index is 0.00865. The van der Waals surface area contributed by atoms with E-state index in [-0.39, 0.29) is 17.2 Å². The van der Waals surface area contributed by atoms with Crippen LogP contribution < -0.4 is 4.72 Å². The summed E-state index contributed by atoms with van der Waals surface area (Å²) in [5, 5.41) is 0.815. The maximum absolute atomic E-state index is 11.6. The van der Waals surface area contributed by atoms with Crippen LogP contribution in [0.4, 0.5) is 0 Å². The molecule has 1 N–H and O–H groups in total. The normalized spacial score (nSPS) is 15.3. The lowest BCUT2D eigenvalue weighted by Crippen LogP contribution is -2.35. The van der Waals surface area contributed by atoms with Crippen LogP contribution in [-0.4, -0.2) is 25.5 Å². The van der Waals surface area contributed by atoms with Crippen molar-refractivity contribution in [3.8, 4) is 0 Å². The van der Waals surface area contributed by atoms with Gasteiger partial charge in [-0.3, -0.25) is 0 Å². The fourth-order valence-electron chi connectivity index (χ4n) is 1.03. The van der Waals surface area contributed by atoms with Crippen molar-refractivity contribution in [2.75, 3.05) is 11.1 Å². The third-order valence-electron chi connectivity index (χ3n) is 2.04. The van der Waals surface area contributed by atoms with Crippen LogP contribution in [0, 0.1) is 5.41 Å². The lowest BCUT2D eigenvalue weighted by atomic mass is 9.94. The number of hydrogen-bond acceptors (Lipinski definition) is 2. The highest BCUT2D eigenvalue weighted by Gasteiger charge is 2.18. The maximum Gasteiger partial charge on any atom is 0.211 e. The predicted molar refractivity (Wildman–Crippen MR) is 68.9 cm³/mol. The summed E-state index contributed by atoms with van der Waals surface area (Å²) in [5.41, 5.74) is 0.0629. The maximum atomic E-state index is 11.6. The summed E-state index contributed by atoms with van der Waals surface area (Å²) in [7, 11) is -3.11. The van der Waals surface area contributed by atoms with Gasteiger partial charge >= 0.3 is 0 Å². The van der Waals surface area contributed by atoms with Crippen LogP contribution in [0.25, 0.3) is 0 Å². The summed E-state index contributed by atoms with van der Waals surface area (Å²) in [6.45, 7) is 8.02. The molecule has 0 radical (unpaired) electrons. The smallest absolute Gasteiger partial charge is 0.211 e. The van der Waals surface area contributed by atoms with Gasteiger partial charge in [-0.15, -0.1) is 0 Å². The molecule has 0 aromatic rings. The monoisotopic (exact) mass is 299 g/mol. The van der Waals surface area contributed by atoms with E-state index < -0.39 is 10.0 Å². The summed E-state index contributed by atoms with van der Waals surface area (Å²) >= 11 is 3.29. The quantitative estimate of drug-likeness (QED) is 0.766. The predicted octanol–water partition coefficient (Wildman–Crippen LogP) is 2.52. The average Bonchev–Trinajstić information content (AvgIpc) is 1.99. The summed E-state index contributed by atoms with van der Waals surface area (Å²) in [4.78, 5) is 0. The highest BCUT2D eigenvalue weighted by Crippen LogP contribution is 2.19. The molecule has 92 valence electrons. The van der Waals surface area contributed by atoms with Crippen molar-refractivity contribution in [1.82, 2.24) is 4.72 Å². The third-order valence-corrected chi connectivity index (χ3v) is 4.00. The van der Waals surface area contributed by atoms with Crippen molar-refractivity contribution >= 4 is 26.0 Å². The SMILES string of the molecule is CC(CCBr)NS(=O)(=O)CCC(C)(C)C. The lowest BCUT2D eigenvalue weighted by Gasteiger charge is -2.19. The van der Waals surface area contributed by atoms with E-state index in [1.54, 1.807) is 0 Å². The summed E-state index contributed by atoms with van der Waals surface area (Å²) in [6.07, 6.45) is 1.50. The molecule has 0 spiro atoms. The van der Waals surface area contributed by atoms with Gasteiger partial charge in [-0.05, 0) is 25.2 Å². The van der Waals surface area contributed by atoms with E-state index in [0.717, 1.165) is 11.8 Å². The zero-order valence-electron chi connectivity index (χ0n) is 10.0. The molecule has 0 heterocycles. The summed E-state index contributed by atoms with van der Waals surface area (Å²) in [6, 6.07) is 0.00865. The molecule has 0 aliphatic carbocycles. The Labute approximate surface area is 102 Å². The topological polar surface area (TPSA) is 46.2 Å². The molecule has 1 atom stereocenters. The highest BCUT2D eigenvalue weighted by molar-refractivity contribution is 9.09. The molecule has 0 fully saturated rings. The molecule has 5 heteroatoms. The van der Waals surface area contributed by atoms with E-state index in [4.69, 9.17) is 0 Å². The van der Waals surface area contributed by atoms with Gasteiger partial charge in [-0.1, -0.05) is 36.7 Å². The molecule has 0 bridgehead atoms. The molecule has 0 amide bonds. The number of halogens is 1. The number of alkyl halides is 1. The Kier molecular flexibility index (Phi) is 6.37. The van der Waals surface area contributed by atoms with Crippen LogP contribution in [0.15, 0.2) is 0 Å². The Morgan fingerprint density at radius 2 is 1.87 bits per heavy atom. The van der Waals surface area contributed by atoms with Crippen molar-refractivity contribution in [2.45, 2.75) is 46.6 Å². The zero-order chi connectivity index (χ0) is 12.1. The molecule has 3 nitrogen and oxygen atoms in total. The van der Waals surface area contributed by atoms with Crippen molar-refractivity contribution in [2.24, 2.45) is 5.41 Å². The van der Waals surface area contributed by atoms with Gasteiger partial charge < -0.3 is 0 Å². The minimum Gasteiger partial charge on any atom is -0.212 e. The fraction of sp³-hybridized carbons (Fsp3) is 1.00. The molecule has 0 aromatic carbocycles. The Balaban J connectivity index is 4.09. The molecule has 15 heavy (non-hydrogen) atoms. The molecule has 1 unspecified atom stereocenters. The van der Waals surface area contributed by atoms with Crippen LogP contribution in [0.5, 0.6) is 0 Å². The number of nitrogens with one attached hydrogen (secondary N) is 1. The zero-order valence-corrected chi connectivity index (χ0v) is 12.4. The Morgan fingerprint density at radius 3 is 2.27 bits per heavy atom.